The lowest BCUT2D eigenvalue weighted by molar-refractivity contribution is 0.116. The predicted octanol–water partition coefficient (Wildman–Crippen LogP) is 2.39. The highest BCUT2D eigenvalue weighted by atomic mass is 16.6. The summed E-state index contributed by atoms with van der Waals surface area (Å²) in [5, 5.41) is 12.3. The Morgan fingerprint density at radius 3 is 2.68 bits per heavy atom. The van der Waals surface area contributed by atoms with Gasteiger partial charge in [0.05, 0.1) is 13.2 Å². The number of nitrogens with one attached hydrogen (secondary N) is 1. The van der Waals surface area contributed by atoms with Crippen molar-refractivity contribution in [3.05, 3.63) is 23.3 Å². The van der Waals surface area contributed by atoms with Crippen LogP contribution >= 0.6 is 0 Å². The number of aromatic hydroxyl groups is 1. The van der Waals surface area contributed by atoms with Gasteiger partial charge in [0, 0.05) is 6.54 Å². The molecule has 0 unspecified atom stereocenters. The molecule has 5 heteroatoms. The van der Waals surface area contributed by atoms with E-state index in [4.69, 9.17) is 9.47 Å². The predicted molar refractivity (Wildman–Crippen MR) is 72.7 cm³/mol. The van der Waals surface area contributed by atoms with Crippen molar-refractivity contribution >= 4 is 6.09 Å². The summed E-state index contributed by atoms with van der Waals surface area (Å²) in [5.74, 6) is 0.926. The van der Waals surface area contributed by atoms with E-state index in [0.29, 0.717) is 18.7 Å². The Bertz CT molecular complexity index is 443. The molecule has 106 valence electrons. The maximum atomic E-state index is 11.3. The Hall–Kier alpha value is -1.91. The molecule has 0 aliphatic rings. The second-order valence-corrected chi connectivity index (χ2v) is 4.58. The highest BCUT2D eigenvalue weighted by molar-refractivity contribution is 5.67. The molecule has 0 aliphatic heterocycles. The van der Waals surface area contributed by atoms with Crippen LogP contribution in [-0.2, 0) is 11.2 Å². The summed E-state index contributed by atoms with van der Waals surface area (Å²) >= 11 is 0. The quantitative estimate of drug-likeness (QED) is 0.859. The Morgan fingerprint density at radius 2 is 2.11 bits per heavy atom. The van der Waals surface area contributed by atoms with Crippen LogP contribution in [0, 0.1) is 6.92 Å². The second kappa shape index (κ2) is 6.87. The first-order chi connectivity index (χ1) is 8.93. The molecule has 0 heterocycles. The molecule has 1 aromatic carbocycles. The number of carbonyl (C=O) groups excluding carboxylic acids is 1. The van der Waals surface area contributed by atoms with Crippen LogP contribution in [0.4, 0.5) is 4.79 Å². The summed E-state index contributed by atoms with van der Waals surface area (Å²) in [6.45, 7) is 5.81. The molecule has 0 aromatic heterocycles. The molecule has 0 saturated carbocycles. The number of aryl methyl sites for hydroxylation is 1. The van der Waals surface area contributed by atoms with Gasteiger partial charge in [0.15, 0.2) is 0 Å². The van der Waals surface area contributed by atoms with E-state index >= 15 is 0 Å². The Kier molecular flexibility index (Phi) is 5.48. The molecule has 0 atom stereocenters. The fourth-order valence-electron chi connectivity index (χ4n) is 1.65. The van der Waals surface area contributed by atoms with Gasteiger partial charge in [-0.15, -0.1) is 0 Å². The lowest BCUT2D eigenvalue weighted by Gasteiger charge is -2.12. The zero-order valence-corrected chi connectivity index (χ0v) is 11.8. The smallest absolute Gasteiger partial charge is 0.407 e. The molecule has 0 saturated heterocycles. The van der Waals surface area contributed by atoms with Crippen LogP contribution in [-0.4, -0.2) is 31.0 Å². The number of carbonyl (C=O) groups is 1. The summed E-state index contributed by atoms with van der Waals surface area (Å²) in [4.78, 5) is 11.3. The molecular weight excluding hydrogens is 246 g/mol. The molecule has 1 aromatic rings. The third-order valence-corrected chi connectivity index (χ3v) is 2.61. The van der Waals surface area contributed by atoms with Crippen LogP contribution in [0.1, 0.15) is 25.0 Å². The Labute approximate surface area is 113 Å². The standard InChI is InChI=1S/C14H21NO4/c1-9(2)19-14(17)15-6-5-11-8-12(16)10(3)7-13(11)18-4/h7-9,16H,5-6H2,1-4H3,(H,15,17). The van der Waals surface area contributed by atoms with Crippen molar-refractivity contribution in [2.75, 3.05) is 13.7 Å². The number of phenolic OH excluding ortho intramolecular Hbond substituents is 1. The largest absolute Gasteiger partial charge is 0.508 e. The van der Waals surface area contributed by atoms with Gasteiger partial charge in [0.25, 0.3) is 0 Å². The average Bonchev–Trinajstić information content (AvgIpc) is 2.32. The molecule has 5 nitrogen and oxygen atoms in total. The van der Waals surface area contributed by atoms with Gasteiger partial charge in [-0.2, -0.15) is 0 Å². The summed E-state index contributed by atoms with van der Waals surface area (Å²) in [7, 11) is 1.58. The van der Waals surface area contributed by atoms with Crippen LogP contribution in [0.2, 0.25) is 0 Å². The van der Waals surface area contributed by atoms with Gasteiger partial charge in [-0.1, -0.05) is 0 Å². The van der Waals surface area contributed by atoms with Gasteiger partial charge < -0.3 is 19.9 Å². The van der Waals surface area contributed by atoms with Gasteiger partial charge in [0.2, 0.25) is 0 Å². The minimum Gasteiger partial charge on any atom is -0.508 e. The van der Waals surface area contributed by atoms with Gasteiger partial charge in [0.1, 0.15) is 11.5 Å². The van der Waals surface area contributed by atoms with E-state index in [-0.39, 0.29) is 11.9 Å². The third-order valence-electron chi connectivity index (χ3n) is 2.61. The van der Waals surface area contributed by atoms with Crippen molar-refractivity contribution in [1.82, 2.24) is 5.32 Å². The van der Waals surface area contributed by atoms with Crippen molar-refractivity contribution < 1.29 is 19.4 Å². The van der Waals surface area contributed by atoms with Gasteiger partial charge in [-0.25, -0.2) is 4.79 Å². The lowest BCUT2D eigenvalue weighted by atomic mass is 10.1. The summed E-state index contributed by atoms with van der Waals surface area (Å²) in [5.41, 5.74) is 1.60. The highest BCUT2D eigenvalue weighted by Crippen LogP contribution is 2.27. The highest BCUT2D eigenvalue weighted by Gasteiger charge is 2.09. The molecular formula is C14H21NO4. The Balaban J connectivity index is 2.58. The number of hydrogen-bond acceptors (Lipinski definition) is 4. The van der Waals surface area contributed by atoms with Gasteiger partial charge in [-0.3, -0.25) is 0 Å². The van der Waals surface area contributed by atoms with Crippen molar-refractivity contribution in [1.29, 1.82) is 0 Å². The zero-order chi connectivity index (χ0) is 14.4. The number of amides is 1. The number of alkyl carbamates (subject to hydrolysis) is 1. The zero-order valence-electron chi connectivity index (χ0n) is 11.8. The molecule has 0 radical (unpaired) electrons. The number of phenols is 1. The van der Waals surface area contributed by atoms with E-state index in [1.165, 1.54) is 0 Å². The first-order valence-corrected chi connectivity index (χ1v) is 6.25. The fourth-order valence-corrected chi connectivity index (χ4v) is 1.65. The maximum absolute atomic E-state index is 11.3. The van der Waals surface area contributed by atoms with Crippen LogP contribution < -0.4 is 10.1 Å². The van der Waals surface area contributed by atoms with Crippen molar-refractivity contribution in [2.24, 2.45) is 0 Å². The molecule has 0 fully saturated rings. The van der Waals surface area contributed by atoms with Gasteiger partial charge >= 0.3 is 6.09 Å². The monoisotopic (exact) mass is 267 g/mol. The van der Waals surface area contributed by atoms with Crippen molar-refractivity contribution in [2.45, 2.75) is 33.3 Å². The van der Waals surface area contributed by atoms with Crippen molar-refractivity contribution in [3.8, 4) is 11.5 Å². The third kappa shape index (κ3) is 4.69. The molecule has 1 rings (SSSR count). The van der Waals surface area contributed by atoms with E-state index in [2.05, 4.69) is 5.32 Å². The van der Waals surface area contributed by atoms with E-state index < -0.39 is 6.09 Å². The first-order valence-electron chi connectivity index (χ1n) is 6.25. The van der Waals surface area contributed by atoms with Crippen LogP contribution in [0.5, 0.6) is 11.5 Å². The lowest BCUT2D eigenvalue weighted by Crippen LogP contribution is -2.28. The maximum Gasteiger partial charge on any atom is 0.407 e. The number of methoxy groups -OCH3 is 1. The summed E-state index contributed by atoms with van der Waals surface area (Å²) in [6, 6.07) is 3.43. The van der Waals surface area contributed by atoms with E-state index in [9.17, 15) is 9.90 Å². The number of ether oxygens (including phenoxy) is 2. The minimum atomic E-state index is -0.440. The van der Waals surface area contributed by atoms with Crippen LogP contribution in [0.3, 0.4) is 0 Å². The Morgan fingerprint density at radius 1 is 1.42 bits per heavy atom. The van der Waals surface area contributed by atoms with E-state index in [0.717, 1.165) is 11.1 Å². The molecule has 2 N–H and O–H groups in total. The van der Waals surface area contributed by atoms with Gasteiger partial charge in [-0.05, 0) is 50.5 Å². The first kappa shape index (κ1) is 15.1. The molecule has 0 aliphatic carbocycles. The van der Waals surface area contributed by atoms with Crippen molar-refractivity contribution in [3.63, 3.8) is 0 Å². The van der Waals surface area contributed by atoms with Crippen LogP contribution in [0.15, 0.2) is 12.1 Å². The van der Waals surface area contributed by atoms with E-state index in [1.54, 1.807) is 40.0 Å². The minimum absolute atomic E-state index is 0.141. The second-order valence-electron chi connectivity index (χ2n) is 4.58. The van der Waals surface area contributed by atoms with Crippen LogP contribution in [0.25, 0.3) is 0 Å². The SMILES string of the molecule is COc1cc(C)c(O)cc1CCNC(=O)OC(C)C. The average molecular weight is 267 g/mol. The molecule has 0 spiro atoms. The normalized spacial score (nSPS) is 10.4. The number of rotatable bonds is 5. The summed E-state index contributed by atoms with van der Waals surface area (Å²) in [6.07, 6.45) is -0.0206. The molecule has 19 heavy (non-hydrogen) atoms. The molecule has 0 bridgehead atoms. The summed E-state index contributed by atoms with van der Waals surface area (Å²) < 4.78 is 10.2. The molecule has 1 amide bonds. The van der Waals surface area contributed by atoms with E-state index in [1.807, 2.05) is 0 Å². The topological polar surface area (TPSA) is 67.8 Å². The number of hydrogen-bond donors (Lipinski definition) is 2. The number of benzene rings is 1. The fraction of sp³-hybridized carbons (Fsp3) is 0.500.